The summed E-state index contributed by atoms with van der Waals surface area (Å²) in [5.74, 6) is -2.36. The fourth-order valence-corrected chi connectivity index (χ4v) is 4.23. The number of carbonyl (C=O) groups is 2. The Morgan fingerprint density at radius 3 is 2.09 bits per heavy atom. The van der Waals surface area contributed by atoms with E-state index in [1.54, 1.807) is 57.2 Å². The second-order valence-electron chi connectivity index (χ2n) is 8.55. The van der Waals surface area contributed by atoms with Gasteiger partial charge in [0.2, 0.25) is 11.8 Å². The third-order valence-corrected chi connectivity index (χ3v) is 7.42. The highest BCUT2D eigenvalue weighted by molar-refractivity contribution is 7.91. The van der Waals surface area contributed by atoms with Gasteiger partial charge in [-0.2, -0.15) is 0 Å². The summed E-state index contributed by atoms with van der Waals surface area (Å²) < 4.78 is 50.8. The maximum absolute atomic E-state index is 13.9. The van der Waals surface area contributed by atoms with E-state index >= 15 is 0 Å². The lowest BCUT2D eigenvalue weighted by Gasteiger charge is -2.24. The predicted molar refractivity (Wildman–Crippen MR) is 131 cm³/mol. The molecule has 2 N–H and O–H groups in total. The Balaban J connectivity index is 1.63. The number of carbonyl (C=O) groups excluding carboxylic acids is 2. The molecule has 0 bridgehead atoms. The van der Waals surface area contributed by atoms with Crippen LogP contribution < -0.4 is 10.6 Å². The lowest BCUT2D eigenvalue weighted by Crippen LogP contribution is -2.35. The van der Waals surface area contributed by atoms with E-state index in [2.05, 4.69) is 10.6 Å². The Morgan fingerprint density at radius 2 is 1.51 bits per heavy atom. The molecule has 3 aromatic rings. The SMILES string of the molecule is CCS(=O)(=O)c1ccc(CC(=O)Nc2ccc(C(C)(C)C(=O)Nc3ccc(F)cc3F)cc2)cc1. The van der Waals surface area contributed by atoms with Gasteiger partial charge in [0.05, 0.1) is 28.2 Å². The lowest BCUT2D eigenvalue weighted by molar-refractivity contribution is -0.120. The van der Waals surface area contributed by atoms with Gasteiger partial charge in [-0.25, -0.2) is 17.2 Å². The number of hydrogen-bond donors (Lipinski definition) is 2. The van der Waals surface area contributed by atoms with Crippen molar-refractivity contribution in [1.29, 1.82) is 0 Å². The number of rotatable bonds is 8. The second kappa shape index (κ2) is 10.4. The molecule has 0 heterocycles. The molecular formula is C26H26F2N2O4S. The molecule has 0 saturated heterocycles. The number of halogens is 2. The molecule has 6 nitrogen and oxygen atoms in total. The maximum Gasteiger partial charge on any atom is 0.234 e. The number of hydrogen-bond acceptors (Lipinski definition) is 4. The normalized spacial score (nSPS) is 11.7. The highest BCUT2D eigenvalue weighted by atomic mass is 32.2. The number of nitrogens with one attached hydrogen (secondary N) is 2. The van der Waals surface area contributed by atoms with Crippen LogP contribution in [0.15, 0.2) is 71.6 Å². The van der Waals surface area contributed by atoms with Crippen LogP contribution in [0.3, 0.4) is 0 Å². The summed E-state index contributed by atoms with van der Waals surface area (Å²) in [4.78, 5) is 25.4. The molecule has 0 radical (unpaired) electrons. The quantitative estimate of drug-likeness (QED) is 0.462. The van der Waals surface area contributed by atoms with Crippen molar-refractivity contribution in [3.63, 3.8) is 0 Å². The minimum Gasteiger partial charge on any atom is -0.326 e. The van der Waals surface area contributed by atoms with Crippen molar-refractivity contribution in [3.05, 3.63) is 89.5 Å². The van der Waals surface area contributed by atoms with E-state index in [0.29, 0.717) is 22.9 Å². The molecule has 184 valence electrons. The average Bonchev–Trinajstić information content (AvgIpc) is 2.81. The zero-order chi connectivity index (χ0) is 25.8. The molecule has 35 heavy (non-hydrogen) atoms. The van der Waals surface area contributed by atoms with Crippen molar-refractivity contribution in [2.24, 2.45) is 0 Å². The Labute approximate surface area is 203 Å². The van der Waals surface area contributed by atoms with E-state index in [1.807, 2.05) is 0 Å². The smallest absolute Gasteiger partial charge is 0.234 e. The van der Waals surface area contributed by atoms with Crippen molar-refractivity contribution in [2.45, 2.75) is 37.5 Å². The molecule has 0 spiro atoms. The molecule has 0 aliphatic heterocycles. The Hall–Kier alpha value is -3.59. The van der Waals surface area contributed by atoms with E-state index in [0.717, 1.165) is 12.1 Å². The van der Waals surface area contributed by atoms with Crippen LogP contribution in [0.25, 0.3) is 0 Å². The average molecular weight is 501 g/mol. The van der Waals surface area contributed by atoms with E-state index in [9.17, 15) is 26.8 Å². The van der Waals surface area contributed by atoms with Crippen LogP contribution in [-0.4, -0.2) is 26.0 Å². The molecule has 9 heteroatoms. The van der Waals surface area contributed by atoms with Crippen LogP contribution in [0.4, 0.5) is 20.2 Å². The van der Waals surface area contributed by atoms with Crippen LogP contribution in [0.1, 0.15) is 31.9 Å². The van der Waals surface area contributed by atoms with Gasteiger partial charge in [-0.05, 0) is 61.4 Å². The monoisotopic (exact) mass is 500 g/mol. The number of amides is 2. The van der Waals surface area contributed by atoms with Crippen LogP contribution in [-0.2, 0) is 31.3 Å². The fourth-order valence-electron chi connectivity index (χ4n) is 3.34. The van der Waals surface area contributed by atoms with Crippen LogP contribution in [0.2, 0.25) is 0 Å². The minimum atomic E-state index is -3.30. The van der Waals surface area contributed by atoms with Gasteiger partial charge in [0, 0.05) is 11.8 Å². The van der Waals surface area contributed by atoms with E-state index in [-0.39, 0.29) is 28.7 Å². The summed E-state index contributed by atoms with van der Waals surface area (Å²) >= 11 is 0. The van der Waals surface area contributed by atoms with Gasteiger partial charge >= 0.3 is 0 Å². The zero-order valence-electron chi connectivity index (χ0n) is 19.6. The first-order chi connectivity index (χ1) is 16.4. The Bertz CT molecular complexity index is 1340. The topological polar surface area (TPSA) is 92.3 Å². The highest BCUT2D eigenvalue weighted by Gasteiger charge is 2.30. The first kappa shape index (κ1) is 26.0. The molecule has 0 aromatic heterocycles. The first-order valence-electron chi connectivity index (χ1n) is 10.9. The zero-order valence-corrected chi connectivity index (χ0v) is 20.4. The third-order valence-electron chi connectivity index (χ3n) is 5.66. The number of benzene rings is 3. The van der Waals surface area contributed by atoms with Gasteiger partial charge in [0.15, 0.2) is 9.84 Å². The van der Waals surface area contributed by atoms with Gasteiger partial charge in [0.1, 0.15) is 11.6 Å². The number of sulfone groups is 1. The molecule has 0 unspecified atom stereocenters. The van der Waals surface area contributed by atoms with E-state index in [4.69, 9.17) is 0 Å². The molecule has 3 rings (SSSR count). The fraction of sp³-hybridized carbons (Fsp3) is 0.231. The van der Waals surface area contributed by atoms with Gasteiger partial charge in [0.25, 0.3) is 0 Å². The summed E-state index contributed by atoms with van der Waals surface area (Å²) in [6.07, 6.45) is 0.0609. The Morgan fingerprint density at radius 1 is 0.886 bits per heavy atom. The van der Waals surface area contributed by atoms with Gasteiger partial charge in [-0.15, -0.1) is 0 Å². The summed E-state index contributed by atoms with van der Waals surface area (Å²) in [7, 11) is -3.30. The van der Waals surface area contributed by atoms with Gasteiger partial charge in [-0.1, -0.05) is 31.2 Å². The maximum atomic E-state index is 13.9. The summed E-state index contributed by atoms with van der Waals surface area (Å²) in [6, 6.07) is 15.8. The molecule has 0 fully saturated rings. The van der Waals surface area contributed by atoms with Crippen molar-refractivity contribution in [2.75, 3.05) is 16.4 Å². The molecular weight excluding hydrogens is 474 g/mol. The van der Waals surface area contributed by atoms with Crippen LogP contribution >= 0.6 is 0 Å². The summed E-state index contributed by atoms with van der Waals surface area (Å²) in [6.45, 7) is 4.90. The lowest BCUT2D eigenvalue weighted by atomic mass is 9.83. The summed E-state index contributed by atoms with van der Waals surface area (Å²) in [5.41, 5.74) is 0.658. The molecule has 3 aromatic carbocycles. The van der Waals surface area contributed by atoms with Gasteiger partial charge in [-0.3, -0.25) is 9.59 Å². The highest BCUT2D eigenvalue weighted by Crippen LogP contribution is 2.27. The van der Waals surface area contributed by atoms with E-state index in [1.165, 1.54) is 12.1 Å². The van der Waals surface area contributed by atoms with Crippen molar-refractivity contribution >= 4 is 33.0 Å². The third kappa shape index (κ3) is 6.30. The second-order valence-corrected chi connectivity index (χ2v) is 10.8. The molecule has 0 aliphatic carbocycles. The summed E-state index contributed by atoms with van der Waals surface area (Å²) in [5, 5.41) is 5.24. The predicted octanol–water partition coefficient (Wildman–Crippen LogP) is 4.86. The minimum absolute atomic E-state index is 0.00438. The van der Waals surface area contributed by atoms with Crippen molar-refractivity contribution < 1.29 is 26.8 Å². The van der Waals surface area contributed by atoms with Gasteiger partial charge < -0.3 is 10.6 Å². The van der Waals surface area contributed by atoms with Crippen molar-refractivity contribution in [1.82, 2.24) is 0 Å². The molecule has 0 saturated carbocycles. The molecule has 0 aliphatic rings. The largest absolute Gasteiger partial charge is 0.326 e. The number of anilines is 2. The van der Waals surface area contributed by atoms with Crippen LogP contribution in [0.5, 0.6) is 0 Å². The first-order valence-corrected chi connectivity index (χ1v) is 12.6. The van der Waals surface area contributed by atoms with Crippen molar-refractivity contribution in [3.8, 4) is 0 Å². The van der Waals surface area contributed by atoms with E-state index < -0.39 is 32.8 Å². The van der Waals surface area contributed by atoms with Crippen LogP contribution in [0, 0.1) is 11.6 Å². The molecule has 0 atom stereocenters. The molecule has 2 amide bonds. The Kier molecular flexibility index (Phi) is 7.70. The standard InChI is InChI=1S/C26H26F2N2O4S/c1-4-35(33,34)21-12-5-17(6-13-21)15-24(31)29-20-10-7-18(8-11-20)26(2,3)25(32)30-23-14-9-19(27)16-22(23)28/h5-14,16H,4,15H2,1-3H3,(H,29,31)(H,30,32).